The summed E-state index contributed by atoms with van der Waals surface area (Å²) in [4.78, 5) is 42.4. The van der Waals surface area contributed by atoms with Crippen LogP contribution in [0.4, 0.5) is 4.79 Å². The fraction of sp³-hybridized carbons (Fsp3) is 0.833. The van der Waals surface area contributed by atoms with E-state index in [1.54, 1.807) is 19.0 Å². The zero-order chi connectivity index (χ0) is 18.0. The molecule has 2 saturated heterocycles. The number of hydrogen-bond acceptors (Lipinski definition) is 3. The van der Waals surface area contributed by atoms with Crippen LogP contribution in [0, 0.1) is 5.41 Å². The molecule has 2 aliphatic heterocycles. The Morgan fingerprint density at radius 2 is 1.88 bits per heavy atom. The van der Waals surface area contributed by atoms with Crippen LogP contribution in [-0.4, -0.2) is 78.9 Å². The Morgan fingerprint density at radius 1 is 1.16 bits per heavy atom. The number of carbonyl (C=O) groups excluding carboxylic acids is 3. The number of amides is 4. The summed E-state index contributed by atoms with van der Waals surface area (Å²) in [6.45, 7) is 1.98. The van der Waals surface area contributed by atoms with Gasteiger partial charge in [0.25, 0.3) is 0 Å². The Labute approximate surface area is 149 Å². The van der Waals surface area contributed by atoms with Crippen molar-refractivity contribution >= 4 is 17.8 Å². The van der Waals surface area contributed by atoms with E-state index in [-0.39, 0.29) is 29.8 Å². The van der Waals surface area contributed by atoms with E-state index in [0.29, 0.717) is 19.1 Å². The Bertz CT molecular complexity index is 544. The molecule has 1 saturated carbocycles. The summed E-state index contributed by atoms with van der Waals surface area (Å²) < 4.78 is 0. The number of hydrogen-bond donors (Lipinski definition) is 1. The molecule has 25 heavy (non-hydrogen) atoms. The van der Waals surface area contributed by atoms with Gasteiger partial charge in [0.2, 0.25) is 11.8 Å². The van der Waals surface area contributed by atoms with Crippen molar-refractivity contribution in [1.29, 1.82) is 0 Å². The Hall–Kier alpha value is -1.79. The smallest absolute Gasteiger partial charge is 0.317 e. The Morgan fingerprint density at radius 3 is 2.56 bits per heavy atom. The number of likely N-dealkylation sites (tertiary alicyclic amines) is 2. The van der Waals surface area contributed by atoms with Gasteiger partial charge in [0, 0.05) is 39.8 Å². The van der Waals surface area contributed by atoms with Gasteiger partial charge in [-0.3, -0.25) is 9.59 Å². The minimum atomic E-state index is -0.387. The van der Waals surface area contributed by atoms with Crippen LogP contribution < -0.4 is 5.32 Å². The molecule has 1 spiro atoms. The maximum Gasteiger partial charge on any atom is 0.317 e. The van der Waals surface area contributed by atoms with Crippen molar-refractivity contribution in [3.63, 3.8) is 0 Å². The third-order valence-electron chi connectivity index (χ3n) is 6.04. The molecule has 7 nitrogen and oxygen atoms in total. The van der Waals surface area contributed by atoms with Gasteiger partial charge in [-0.25, -0.2) is 4.79 Å². The molecule has 0 radical (unpaired) electrons. The topological polar surface area (TPSA) is 73.0 Å². The largest absolute Gasteiger partial charge is 0.340 e. The van der Waals surface area contributed by atoms with Crippen LogP contribution in [0.5, 0.6) is 0 Å². The third kappa shape index (κ3) is 3.60. The first kappa shape index (κ1) is 18.0. The van der Waals surface area contributed by atoms with E-state index in [2.05, 4.69) is 10.2 Å². The van der Waals surface area contributed by atoms with Crippen LogP contribution in [0.25, 0.3) is 0 Å². The van der Waals surface area contributed by atoms with Crippen molar-refractivity contribution in [3.05, 3.63) is 0 Å². The van der Waals surface area contributed by atoms with Gasteiger partial charge in [-0.05, 0) is 32.1 Å². The van der Waals surface area contributed by atoms with Crippen molar-refractivity contribution in [1.82, 2.24) is 20.0 Å². The third-order valence-corrected chi connectivity index (χ3v) is 6.04. The lowest BCUT2D eigenvalue weighted by molar-refractivity contribution is -0.148. The molecule has 1 N–H and O–H groups in total. The normalized spacial score (nSPS) is 27.2. The summed E-state index contributed by atoms with van der Waals surface area (Å²) in [6.07, 6.45) is 7.35. The van der Waals surface area contributed by atoms with E-state index < -0.39 is 0 Å². The molecule has 3 rings (SSSR count). The molecular formula is C18H30N4O3. The zero-order valence-corrected chi connectivity index (χ0v) is 15.4. The van der Waals surface area contributed by atoms with Gasteiger partial charge < -0.3 is 20.0 Å². The Kier molecular flexibility index (Phi) is 5.20. The van der Waals surface area contributed by atoms with Gasteiger partial charge in [0.05, 0.1) is 12.0 Å². The van der Waals surface area contributed by atoms with Gasteiger partial charge >= 0.3 is 6.03 Å². The SMILES string of the molecule is CN(C)C(=O)NCC(=O)N1CCC2(CCCN(C3CCCC3)C2=O)C1. The number of carbonyl (C=O) groups is 3. The molecule has 3 fully saturated rings. The van der Waals surface area contributed by atoms with E-state index in [9.17, 15) is 14.4 Å². The monoisotopic (exact) mass is 350 g/mol. The first-order valence-electron chi connectivity index (χ1n) is 9.47. The summed E-state index contributed by atoms with van der Waals surface area (Å²) in [6, 6.07) is 0.136. The van der Waals surface area contributed by atoms with Crippen LogP contribution in [0.3, 0.4) is 0 Å². The fourth-order valence-electron chi connectivity index (χ4n) is 4.55. The van der Waals surface area contributed by atoms with Crippen molar-refractivity contribution in [3.8, 4) is 0 Å². The molecule has 1 aliphatic carbocycles. The predicted octanol–water partition coefficient (Wildman–Crippen LogP) is 1.04. The van der Waals surface area contributed by atoms with E-state index in [1.807, 2.05) is 0 Å². The van der Waals surface area contributed by atoms with Gasteiger partial charge in [-0.1, -0.05) is 12.8 Å². The molecule has 0 aromatic heterocycles. The second-order valence-electron chi connectivity index (χ2n) is 7.94. The maximum atomic E-state index is 13.2. The van der Waals surface area contributed by atoms with E-state index >= 15 is 0 Å². The molecule has 140 valence electrons. The number of piperidine rings is 1. The van der Waals surface area contributed by atoms with Crippen molar-refractivity contribution in [2.45, 2.75) is 51.0 Å². The van der Waals surface area contributed by atoms with Crippen LogP contribution >= 0.6 is 0 Å². The van der Waals surface area contributed by atoms with E-state index in [4.69, 9.17) is 0 Å². The molecule has 7 heteroatoms. The number of urea groups is 1. The highest BCUT2D eigenvalue weighted by Gasteiger charge is 2.50. The summed E-state index contributed by atoms with van der Waals surface area (Å²) in [5.41, 5.74) is -0.387. The number of rotatable bonds is 3. The van der Waals surface area contributed by atoms with E-state index in [1.165, 1.54) is 17.7 Å². The number of nitrogens with one attached hydrogen (secondary N) is 1. The quantitative estimate of drug-likeness (QED) is 0.827. The lowest BCUT2D eigenvalue weighted by Gasteiger charge is -2.42. The lowest BCUT2D eigenvalue weighted by Crippen LogP contribution is -2.53. The summed E-state index contributed by atoms with van der Waals surface area (Å²) in [5, 5.41) is 2.62. The first-order valence-corrected chi connectivity index (χ1v) is 9.47. The molecular weight excluding hydrogens is 320 g/mol. The summed E-state index contributed by atoms with van der Waals surface area (Å²) in [5.74, 6) is 0.163. The molecule has 1 atom stereocenters. The molecule has 0 aromatic rings. The first-order chi connectivity index (χ1) is 11.9. The minimum Gasteiger partial charge on any atom is -0.340 e. The molecule has 2 heterocycles. The summed E-state index contributed by atoms with van der Waals surface area (Å²) in [7, 11) is 3.28. The van der Waals surface area contributed by atoms with Crippen LogP contribution in [0.1, 0.15) is 44.9 Å². The fourth-order valence-corrected chi connectivity index (χ4v) is 4.55. The molecule has 0 bridgehead atoms. The van der Waals surface area contributed by atoms with Crippen molar-refractivity contribution in [2.24, 2.45) is 5.41 Å². The van der Waals surface area contributed by atoms with Crippen LogP contribution in [-0.2, 0) is 9.59 Å². The molecule has 3 aliphatic rings. The van der Waals surface area contributed by atoms with Gasteiger partial charge in [-0.2, -0.15) is 0 Å². The highest BCUT2D eigenvalue weighted by atomic mass is 16.2. The van der Waals surface area contributed by atoms with Crippen LogP contribution in [0.2, 0.25) is 0 Å². The van der Waals surface area contributed by atoms with Gasteiger partial charge in [0.15, 0.2) is 0 Å². The lowest BCUT2D eigenvalue weighted by atomic mass is 9.77. The zero-order valence-electron chi connectivity index (χ0n) is 15.4. The summed E-state index contributed by atoms with van der Waals surface area (Å²) >= 11 is 0. The molecule has 4 amide bonds. The second-order valence-corrected chi connectivity index (χ2v) is 7.94. The Balaban J connectivity index is 1.59. The van der Waals surface area contributed by atoms with E-state index in [0.717, 1.165) is 38.6 Å². The van der Waals surface area contributed by atoms with Gasteiger partial charge in [-0.15, -0.1) is 0 Å². The predicted molar refractivity (Wildman–Crippen MR) is 93.9 cm³/mol. The standard InChI is InChI=1S/C18H30N4O3/c1-20(2)17(25)19-12-15(23)21-11-9-18(13-21)8-5-10-22(16(18)24)14-6-3-4-7-14/h14H,3-13H2,1-2H3,(H,19,25). The highest BCUT2D eigenvalue weighted by Crippen LogP contribution is 2.42. The van der Waals surface area contributed by atoms with Crippen molar-refractivity contribution < 1.29 is 14.4 Å². The number of nitrogens with zero attached hydrogens (tertiary/aromatic N) is 3. The van der Waals surface area contributed by atoms with Crippen molar-refractivity contribution in [2.75, 3.05) is 40.3 Å². The minimum absolute atomic E-state index is 0.00633. The highest BCUT2D eigenvalue weighted by molar-refractivity contribution is 5.88. The second kappa shape index (κ2) is 7.22. The van der Waals surface area contributed by atoms with Gasteiger partial charge in [0.1, 0.15) is 0 Å². The molecule has 0 aromatic carbocycles. The average Bonchev–Trinajstić information content (AvgIpc) is 3.25. The van der Waals surface area contributed by atoms with Crippen LogP contribution in [0.15, 0.2) is 0 Å². The average molecular weight is 350 g/mol. The molecule has 1 unspecified atom stereocenters. The maximum absolute atomic E-state index is 13.2.